The van der Waals surface area contributed by atoms with E-state index in [-0.39, 0.29) is 11.8 Å². The molecule has 1 aromatic carbocycles. The van der Waals surface area contributed by atoms with E-state index in [1.807, 2.05) is 29.9 Å². The molecule has 8 heteroatoms. The van der Waals surface area contributed by atoms with Crippen molar-refractivity contribution in [1.82, 2.24) is 19.1 Å². The summed E-state index contributed by atoms with van der Waals surface area (Å²) in [7, 11) is -1.60. The van der Waals surface area contributed by atoms with Crippen LogP contribution in [0.15, 0.2) is 35.4 Å². The van der Waals surface area contributed by atoms with Gasteiger partial charge in [0, 0.05) is 56.2 Å². The maximum Gasteiger partial charge on any atom is 0.243 e. The van der Waals surface area contributed by atoms with Crippen LogP contribution in [0.4, 0.5) is 0 Å². The molecule has 2 saturated heterocycles. The Balaban J connectivity index is 1.29. The Bertz CT molecular complexity index is 987. The number of carbonyl (C=O) groups excluding carboxylic acids is 1. The number of sulfonamides is 1. The molecule has 0 unspecified atom stereocenters. The Kier molecular flexibility index (Phi) is 6.46. The molecule has 2 fully saturated rings. The largest absolute Gasteiger partial charge is 0.355 e. The molecule has 4 rings (SSSR count). The first-order valence-electron chi connectivity index (χ1n) is 11.0. The van der Waals surface area contributed by atoms with Gasteiger partial charge < -0.3 is 14.8 Å². The fourth-order valence-electron chi connectivity index (χ4n) is 4.59. The summed E-state index contributed by atoms with van der Waals surface area (Å²) in [6.45, 7) is 4.61. The van der Waals surface area contributed by atoms with Crippen LogP contribution >= 0.6 is 0 Å². The van der Waals surface area contributed by atoms with Gasteiger partial charge in [-0.15, -0.1) is 0 Å². The molecule has 2 aliphatic heterocycles. The van der Waals surface area contributed by atoms with Crippen molar-refractivity contribution in [3.63, 3.8) is 0 Å². The topological polar surface area (TPSA) is 74.6 Å². The molecule has 1 amide bonds. The van der Waals surface area contributed by atoms with E-state index < -0.39 is 10.0 Å². The molecule has 0 bridgehead atoms. The number of likely N-dealkylation sites (tertiary alicyclic amines) is 1. The first-order chi connectivity index (χ1) is 14.4. The molecular weight excluding hydrogens is 400 g/mol. The summed E-state index contributed by atoms with van der Waals surface area (Å²) in [4.78, 5) is 15.2. The zero-order valence-electron chi connectivity index (χ0n) is 17.7. The number of rotatable bonds is 6. The van der Waals surface area contributed by atoms with Crippen LogP contribution in [-0.4, -0.2) is 67.4 Å². The number of aromatic nitrogens is 1. The number of nitrogens with zero attached hydrogens (tertiary/aromatic N) is 3. The van der Waals surface area contributed by atoms with Gasteiger partial charge in [0.15, 0.2) is 0 Å². The van der Waals surface area contributed by atoms with E-state index in [0.29, 0.717) is 37.4 Å². The summed E-state index contributed by atoms with van der Waals surface area (Å²) < 4.78 is 29.6. The number of fused-ring (bicyclic) bond motifs is 1. The fraction of sp³-hybridized carbons (Fsp3) is 0.591. The highest BCUT2D eigenvalue weighted by molar-refractivity contribution is 7.89. The van der Waals surface area contributed by atoms with Gasteiger partial charge in [0.25, 0.3) is 0 Å². The van der Waals surface area contributed by atoms with Crippen LogP contribution in [0.2, 0.25) is 0 Å². The fourth-order valence-corrected chi connectivity index (χ4v) is 6.10. The van der Waals surface area contributed by atoms with Crippen LogP contribution in [0.1, 0.15) is 32.1 Å². The van der Waals surface area contributed by atoms with Gasteiger partial charge in [-0.05, 0) is 63.0 Å². The second-order valence-electron chi connectivity index (χ2n) is 8.52. The van der Waals surface area contributed by atoms with Gasteiger partial charge in [-0.2, -0.15) is 4.31 Å². The van der Waals surface area contributed by atoms with Gasteiger partial charge in [0.05, 0.1) is 4.90 Å². The highest BCUT2D eigenvalue weighted by Gasteiger charge is 2.32. The van der Waals surface area contributed by atoms with Crippen molar-refractivity contribution in [2.45, 2.75) is 37.0 Å². The van der Waals surface area contributed by atoms with Crippen LogP contribution in [0.3, 0.4) is 0 Å². The monoisotopic (exact) mass is 432 g/mol. The smallest absolute Gasteiger partial charge is 0.243 e. The summed E-state index contributed by atoms with van der Waals surface area (Å²) >= 11 is 0. The standard InChI is InChI=1S/C22H32N4O3S/c1-24-13-7-19-17-20(5-6-21(19)24)30(28,29)26-14-8-18(9-15-26)22(27)23-10-16-25-11-3-2-4-12-25/h5-7,13,17-18H,2-4,8-12,14-16H2,1H3,(H,23,27). The zero-order valence-corrected chi connectivity index (χ0v) is 18.5. The molecule has 0 aliphatic carbocycles. The Hall–Kier alpha value is -1.90. The lowest BCUT2D eigenvalue weighted by atomic mass is 9.97. The maximum atomic E-state index is 13.1. The summed E-state index contributed by atoms with van der Waals surface area (Å²) in [5.74, 6) is -0.0378. The molecule has 1 N–H and O–H groups in total. The molecule has 0 radical (unpaired) electrons. The number of aryl methyl sites for hydroxylation is 1. The molecule has 2 aromatic rings. The van der Waals surface area contributed by atoms with Crippen molar-refractivity contribution in [2.75, 3.05) is 39.3 Å². The highest BCUT2D eigenvalue weighted by atomic mass is 32.2. The minimum Gasteiger partial charge on any atom is -0.355 e. The Morgan fingerprint density at radius 2 is 1.80 bits per heavy atom. The number of nitrogens with one attached hydrogen (secondary N) is 1. The van der Waals surface area contributed by atoms with Crippen molar-refractivity contribution >= 4 is 26.8 Å². The molecule has 0 atom stereocenters. The van der Waals surface area contributed by atoms with Crippen LogP contribution in [0.25, 0.3) is 10.9 Å². The van der Waals surface area contributed by atoms with Crippen molar-refractivity contribution in [3.8, 4) is 0 Å². The van der Waals surface area contributed by atoms with Gasteiger partial charge >= 0.3 is 0 Å². The first kappa shape index (κ1) is 21.3. The molecule has 2 aliphatic rings. The lowest BCUT2D eigenvalue weighted by molar-refractivity contribution is -0.126. The van der Waals surface area contributed by atoms with Gasteiger partial charge in [-0.1, -0.05) is 6.42 Å². The normalized spacial score (nSPS) is 19.9. The molecule has 1 aromatic heterocycles. The maximum absolute atomic E-state index is 13.1. The van der Waals surface area contributed by atoms with Crippen molar-refractivity contribution in [3.05, 3.63) is 30.5 Å². The number of piperidine rings is 2. The minimum atomic E-state index is -3.54. The SMILES string of the molecule is Cn1ccc2cc(S(=O)(=O)N3CCC(C(=O)NCCN4CCCCC4)CC3)ccc21. The van der Waals surface area contributed by atoms with Crippen LogP contribution < -0.4 is 5.32 Å². The van der Waals surface area contributed by atoms with Gasteiger partial charge in [-0.3, -0.25) is 4.79 Å². The predicted octanol–water partition coefficient (Wildman–Crippen LogP) is 2.18. The summed E-state index contributed by atoms with van der Waals surface area (Å²) in [5, 5.41) is 3.97. The number of hydrogen-bond acceptors (Lipinski definition) is 4. The summed E-state index contributed by atoms with van der Waals surface area (Å²) in [6, 6.07) is 7.20. The third-order valence-corrected chi connectivity index (χ3v) is 8.39. The van der Waals surface area contributed by atoms with Crippen molar-refractivity contribution < 1.29 is 13.2 Å². The van der Waals surface area contributed by atoms with Crippen LogP contribution in [0, 0.1) is 5.92 Å². The van der Waals surface area contributed by atoms with E-state index in [4.69, 9.17) is 0 Å². The van der Waals surface area contributed by atoms with Gasteiger partial charge in [0.2, 0.25) is 15.9 Å². The number of carbonyl (C=O) groups is 1. The molecule has 3 heterocycles. The minimum absolute atomic E-state index is 0.0646. The molecular formula is C22H32N4O3S. The third kappa shape index (κ3) is 4.55. The third-order valence-electron chi connectivity index (χ3n) is 6.50. The van der Waals surface area contributed by atoms with Gasteiger partial charge in [-0.25, -0.2) is 8.42 Å². The average molecular weight is 433 g/mol. The summed E-state index contributed by atoms with van der Waals surface area (Å²) in [6.07, 6.45) is 6.88. The second-order valence-corrected chi connectivity index (χ2v) is 10.5. The highest BCUT2D eigenvalue weighted by Crippen LogP contribution is 2.26. The average Bonchev–Trinajstić information content (AvgIpc) is 3.15. The van der Waals surface area contributed by atoms with Crippen LogP contribution in [0.5, 0.6) is 0 Å². The zero-order chi connectivity index (χ0) is 21.1. The lowest BCUT2D eigenvalue weighted by Gasteiger charge is -2.31. The van der Waals surface area contributed by atoms with E-state index in [1.165, 1.54) is 23.6 Å². The van der Waals surface area contributed by atoms with Gasteiger partial charge in [0.1, 0.15) is 0 Å². The molecule has 164 valence electrons. The second kappa shape index (κ2) is 9.08. The van der Waals surface area contributed by atoms with E-state index >= 15 is 0 Å². The molecule has 30 heavy (non-hydrogen) atoms. The Morgan fingerprint density at radius 1 is 1.07 bits per heavy atom. The molecule has 7 nitrogen and oxygen atoms in total. The van der Waals surface area contributed by atoms with E-state index in [9.17, 15) is 13.2 Å². The Morgan fingerprint density at radius 3 is 2.53 bits per heavy atom. The van der Waals surface area contributed by atoms with Crippen molar-refractivity contribution in [2.24, 2.45) is 13.0 Å². The van der Waals surface area contributed by atoms with E-state index in [2.05, 4.69) is 10.2 Å². The lowest BCUT2D eigenvalue weighted by Crippen LogP contribution is -2.44. The van der Waals surface area contributed by atoms with E-state index in [1.54, 1.807) is 12.1 Å². The van der Waals surface area contributed by atoms with Crippen LogP contribution in [-0.2, 0) is 21.9 Å². The Labute approximate surface area is 179 Å². The number of amides is 1. The van der Waals surface area contributed by atoms with Crippen molar-refractivity contribution in [1.29, 1.82) is 0 Å². The summed E-state index contributed by atoms with van der Waals surface area (Å²) in [5.41, 5.74) is 1.01. The number of hydrogen-bond donors (Lipinski definition) is 1. The molecule has 0 saturated carbocycles. The number of benzene rings is 1. The quantitative estimate of drug-likeness (QED) is 0.759. The predicted molar refractivity (Wildman–Crippen MR) is 118 cm³/mol. The first-order valence-corrected chi connectivity index (χ1v) is 12.4. The van der Waals surface area contributed by atoms with E-state index in [0.717, 1.165) is 30.5 Å². The molecule has 0 spiro atoms.